The van der Waals surface area contributed by atoms with Crippen molar-refractivity contribution in [3.63, 3.8) is 0 Å². The number of imidazole rings is 1. The molecule has 178 valence electrons. The summed E-state index contributed by atoms with van der Waals surface area (Å²) in [5, 5.41) is 9.83. The number of hydrogen-bond donors (Lipinski definition) is 2. The summed E-state index contributed by atoms with van der Waals surface area (Å²) in [6, 6.07) is 14.6. The molecule has 7 nitrogen and oxygen atoms in total. The lowest BCUT2D eigenvalue weighted by Crippen LogP contribution is -2.41. The van der Waals surface area contributed by atoms with Crippen molar-refractivity contribution in [1.29, 1.82) is 0 Å². The van der Waals surface area contributed by atoms with E-state index in [9.17, 15) is 14.7 Å². The van der Waals surface area contributed by atoms with Gasteiger partial charge in [0.15, 0.2) is 0 Å². The van der Waals surface area contributed by atoms with Gasteiger partial charge in [0.25, 0.3) is 0 Å². The van der Waals surface area contributed by atoms with Gasteiger partial charge in [-0.15, -0.1) is 0 Å². The number of amides is 2. The molecule has 2 aliphatic rings. The Morgan fingerprint density at radius 2 is 1.76 bits per heavy atom. The Morgan fingerprint density at radius 3 is 2.44 bits per heavy atom. The molecule has 1 aliphatic heterocycles. The summed E-state index contributed by atoms with van der Waals surface area (Å²) in [6.07, 6.45) is 5.78. The maximum Gasteiger partial charge on any atom is 0.412 e. The number of aryl methyl sites for hydroxylation is 3. The first-order valence-electron chi connectivity index (χ1n) is 12.3. The zero-order chi connectivity index (χ0) is 23.8. The van der Waals surface area contributed by atoms with E-state index in [0.717, 1.165) is 79.5 Å². The van der Waals surface area contributed by atoms with E-state index in [4.69, 9.17) is 10.7 Å². The zero-order valence-electron chi connectivity index (χ0n) is 19.6. The van der Waals surface area contributed by atoms with Crippen LogP contribution in [0.4, 0.5) is 10.5 Å². The van der Waals surface area contributed by atoms with Crippen LogP contribution in [-0.2, 0) is 24.1 Å². The van der Waals surface area contributed by atoms with Crippen LogP contribution >= 0.6 is 0 Å². The van der Waals surface area contributed by atoms with Gasteiger partial charge < -0.3 is 15.4 Å². The molecule has 1 aromatic heterocycles. The second-order valence-electron chi connectivity index (χ2n) is 9.76. The first-order valence-corrected chi connectivity index (χ1v) is 12.3. The monoisotopic (exact) mass is 460 g/mol. The van der Waals surface area contributed by atoms with Crippen molar-refractivity contribution in [3.05, 3.63) is 59.4 Å². The lowest BCUT2D eigenvalue weighted by Gasteiger charge is -2.33. The largest absolute Gasteiger partial charge is 0.465 e. The van der Waals surface area contributed by atoms with Gasteiger partial charge in [0.05, 0.1) is 16.7 Å². The molecule has 3 N–H and O–H groups in total. The lowest BCUT2D eigenvalue weighted by molar-refractivity contribution is -0.122. The van der Waals surface area contributed by atoms with Crippen molar-refractivity contribution < 1.29 is 14.7 Å². The van der Waals surface area contributed by atoms with Gasteiger partial charge in [-0.3, -0.25) is 9.69 Å². The van der Waals surface area contributed by atoms with Crippen molar-refractivity contribution in [1.82, 2.24) is 9.55 Å². The number of anilines is 1. The normalized spacial score (nSPS) is 22.5. The average molecular weight is 461 g/mol. The quantitative estimate of drug-likeness (QED) is 0.568. The minimum absolute atomic E-state index is 0.0443. The van der Waals surface area contributed by atoms with Crippen LogP contribution in [0.5, 0.6) is 0 Å². The van der Waals surface area contributed by atoms with Crippen molar-refractivity contribution >= 4 is 28.7 Å². The summed E-state index contributed by atoms with van der Waals surface area (Å²) in [6.45, 7) is 1.96. The number of nitrogens with zero attached hydrogens (tertiary/aromatic N) is 3. The molecular formula is C27H32N4O3. The molecule has 1 atom stereocenters. The number of fused-ring (bicyclic) bond motifs is 3. The minimum Gasteiger partial charge on any atom is -0.465 e. The molecule has 0 bridgehead atoms. The summed E-state index contributed by atoms with van der Waals surface area (Å²) in [5.41, 5.74) is 10.6. The molecule has 0 unspecified atom stereocenters. The van der Waals surface area contributed by atoms with Crippen LogP contribution in [0.25, 0.3) is 11.0 Å². The summed E-state index contributed by atoms with van der Waals surface area (Å²) in [4.78, 5) is 30.3. The van der Waals surface area contributed by atoms with Gasteiger partial charge in [-0.05, 0) is 69.6 Å². The number of carbonyl (C=O) groups is 2. The van der Waals surface area contributed by atoms with Gasteiger partial charge in [0.2, 0.25) is 5.91 Å². The SMILES string of the molecule is C[C@H]1CCc2c(ccc3c2nc(CCc2ccccc2)n3C2CCC(C(N)=O)CC2)N1C(=O)O. The highest BCUT2D eigenvalue weighted by atomic mass is 16.4. The highest BCUT2D eigenvalue weighted by Gasteiger charge is 2.32. The van der Waals surface area contributed by atoms with Crippen LogP contribution in [-0.4, -0.2) is 32.7 Å². The van der Waals surface area contributed by atoms with Gasteiger partial charge in [-0.25, -0.2) is 9.78 Å². The number of hydrogen-bond acceptors (Lipinski definition) is 3. The molecule has 1 fully saturated rings. The van der Waals surface area contributed by atoms with E-state index in [1.165, 1.54) is 10.5 Å². The summed E-state index contributed by atoms with van der Waals surface area (Å²) in [5.74, 6) is 0.794. The second kappa shape index (κ2) is 9.12. The van der Waals surface area contributed by atoms with E-state index in [1.54, 1.807) is 0 Å². The summed E-state index contributed by atoms with van der Waals surface area (Å²) < 4.78 is 2.37. The summed E-state index contributed by atoms with van der Waals surface area (Å²) in [7, 11) is 0. The summed E-state index contributed by atoms with van der Waals surface area (Å²) >= 11 is 0. The standard InChI is InChI=1S/C27H32N4O3/c1-17-7-13-21-22(30(17)27(33)34)14-15-23-25(21)29-24(16-8-18-5-3-2-4-6-18)31(23)20-11-9-19(10-12-20)26(28)32/h2-6,14-15,17,19-20H,7-13,16H2,1H3,(H2,28,32)(H,33,34)/t17-,19?,20?/m0/s1. The molecule has 1 saturated carbocycles. The first kappa shape index (κ1) is 22.4. The van der Waals surface area contributed by atoms with Crippen LogP contribution < -0.4 is 10.6 Å². The van der Waals surface area contributed by atoms with E-state index in [2.05, 4.69) is 28.8 Å². The minimum atomic E-state index is -0.915. The van der Waals surface area contributed by atoms with Crippen molar-refractivity contribution in [3.8, 4) is 0 Å². The van der Waals surface area contributed by atoms with E-state index >= 15 is 0 Å². The molecule has 0 saturated heterocycles. The molecule has 3 aromatic rings. The number of benzene rings is 2. The van der Waals surface area contributed by atoms with Crippen LogP contribution in [0.2, 0.25) is 0 Å². The lowest BCUT2D eigenvalue weighted by atomic mass is 9.85. The molecule has 2 aromatic carbocycles. The van der Waals surface area contributed by atoms with Crippen LogP contribution in [0.1, 0.15) is 62.0 Å². The first-order chi connectivity index (χ1) is 16.4. The molecule has 1 aliphatic carbocycles. The maximum atomic E-state index is 12.0. The van der Waals surface area contributed by atoms with Crippen molar-refractivity contribution in [2.24, 2.45) is 11.7 Å². The Bertz CT molecular complexity index is 1210. The van der Waals surface area contributed by atoms with Crippen molar-refractivity contribution in [2.75, 3.05) is 4.90 Å². The highest BCUT2D eigenvalue weighted by molar-refractivity contribution is 5.94. The molecule has 2 heterocycles. The van der Waals surface area contributed by atoms with Crippen LogP contribution in [0.15, 0.2) is 42.5 Å². The highest BCUT2D eigenvalue weighted by Crippen LogP contribution is 2.40. The fourth-order valence-electron chi connectivity index (χ4n) is 5.84. The van der Waals surface area contributed by atoms with Gasteiger partial charge >= 0.3 is 6.09 Å². The number of primary amides is 1. The third kappa shape index (κ3) is 4.04. The second-order valence-corrected chi connectivity index (χ2v) is 9.76. The molecular weight excluding hydrogens is 428 g/mol. The van der Waals surface area contributed by atoms with E-state index < -0.39 is 6.09 Å². The molecule has 0 radical (unpaired) electrons. The molecule has 7 heteroatoms. The Morgan fingerprint density at radius 1 is 1.03 bits per heavy atom. The Balaban J connectivity index is 1.56. The third-order valence-corrected chi connectivity index (χ3v) is 7.68. The maximum absolute atomic E-state index is 12.0. The number of carbonyl (C=O) groups excluding carboxylic acids is 1. The van der Waals surface area contributed by atoms with Gasteiger partial charge in [0, 0.05) is 30.0 Å². The van der Waals surface area contributed by atoms with Gasteiger partial charge in [-0.1, -0.05) is 30.3 Å². The van der Waals surface area contributed by atoms with Gasteiger partial charge in [0.1, 0.15) is 5.82 Å². The van der Waals surface area contributed by atoms with Gasteiger partial charge in [-0.2, -0.15) is 0 Å². The smallest absolute Gasteiger partial charge is 0.412 e. The number of carboxylic acid groups (broad SMARTS) is 1. The average Bonchev–Trinajstić information content (AvgIpc) is 3.21. The predicted octanol–water partition coefficient (Wildman–Crippen LogP) is 4.86. The van der Waals surface area contributed by atoms with Crippen molar-refractivity contribution in [2.45, 2.75) is 70.4 Å². The Kier molecular flexibility index (Phi) is 6.02. The predicted molar refractivity (Wildman–Crippen MR) is 132 cm³/mol. The zero-order valence-corrected chi connectivity index (χ0v) is 19.6. The third-order valence-electron chi connectivity index (χ3n) is 7.68. The number of rotatable bonds is 5. The van der Waals surface area contributed by atoms with E-state index in [0.29, 0.717) is 0 Å². The fraction of sp³-hybridized carbons (Fsp3) is 0.444. The molecule has 2 amide bonds. The Hall–Kier alpha value is -3.35. The van der Waals surface area contributed by atoms with Crippen LogP contribution in [0.3, 0.4) is 0 Å². The number of nitrogens with two attached hydrogens (primary N) is 1. The number of aromatic nitrogens is 2. The topological polar surface area (TPSA) is 101 Å². The van der Waals surface area contributed by atoms with E-state index in [-0.39, 0.29) is 23.9 Å². The molecule has 34 heavy (non-hydrogen) atoms. The fourth-order valence-corrected chi connectivity index (χ4v) is 5.84. The molecule has 5 rings (SSSR count). The van der Waals surface area contributed by atoms with E-state index in [1.807, 2.05) is 25.1 Å². The van der Waals surface area contributed by atoms with Crippen LogP contribution in [0, 0.1) is 5.92 Å². The Labute approximate surface area is 199 Å². The molecule has 0 spiro atoms.